The SMILES string of the molecule is CC(C)=CC/C=C(\C)CCC=O. The molecule has 0 rings (SSSR count). The molecule has 0 amide bonds. The summed E-state index contributed by atoms with van der Waals surface area (Å²) in [4.78, 5) is 10.1. The highest BCUT2D eigenvalue weighted by molar-refractivity contribution is 5.49. The van der Waals surface area contributed by atoms with Crippen LogP contribution in [-0.2, 0) is 4.79 Å². The molecular weight excluding hydrogens is 148 g/mol. The zero-order chi connectivity index (χ0) is 9.40. The molecule has 12 heavy (non-hydrogen) atoms. The number of carbonyl (C=O) groups excluding carboxylic acids is 1. The Hall–Kier alpha value is -0.850. The minimum atomic E-state index is 0.650. The van der Waals surface area contributed by atoms with Gasteiger partial charge in [0, 0.05) is 6.42 Å². The van der Waals surface area contributed by atoms with E-state index in [0.717, 1.165) is 19.1 Å². The van der Waals surface area contributed by atoms with Gasteiger partial charge in [-0.15, -0.1) is 0 Å². The number of aldehydes is 1. The number of hydrogen-bond acceptors (Lipinski definition) is 1. The zero-order valence-electron chi connectivity index (χ0n) is 8.26. The summed E-state index contributed by atoms with van der Waals surface area (Å²) >= 11 is 0. The van der Waals surface area contributed by atoms with Crippen molar-refractivity contribution in [2.45, 2.75) is 40.0 Å². The van der Waals surface area contributed by atoms with Crippen molar-refractivity contribution in [1.29, 1.82) is 0 Å². The van der Waals surface area contributed by atoms with E-state index in [0.29, 0.717) is 6.42 Å². The molecule has 0 atom stereocenters. The molecule has 0 aromatic rings. The van der Waals surface area contributed by atoms with Crippen LogP contribution in [0.15, 0.2) is 23.3 Å². The molecular formula is C11H18O. The molecule has 0 aliphatic carbocycles. The lowest BCUT2D eigenvalue weighted by atomic mass is 10.1. The molecule has 0 bridgehead atoms. The third-order valence-corrected chi connectivity index (χ3v) is 1.65. The molecule has 68 valence electrons. The molecule has 0 N–H and O–H groups in total. The Morgan fingerprint density at radius 1 is 1.17 bits per heavy atom. The van der Waals surface area contributed by atoms with Crippen LogP contribution in [0.3, 0.4) is 0 Å². The van der Waals surface area contributed by atoms with Gasteiger partial charge in [0.05, 0.1) is 0 Å². The molecule has 0 aromatic carbocycles. The normalized spacial score (nSPS) is 11.1. The topological polar surface area (TPSA) is 17.1 Å². The molecule has 0 aliphatic rings. The van der Waals surface area contributed by atoms with Crippen LogP contribution in [-0.4, -0.2) is 6.29 Å². The van der Waals surface area contributed by atoms with E-state index < -0.39 is 0 Å². The Bertz CT molecular complexity index is 183. The summed E-state index contributed by atoms with van der Waals surface area (Å²) < 4.78 is 0. The fourth-order valence-corrected chi connectivity index (χ4v) is 0.884. The van der Waals surface area contributed by atoms with Gasteiger partial charge in [0.1, 0.15) is 6.29 Å². The first-order valence-electron chi connectivity index (χ1n) is 4.39. The van der Waals surface area contributed by atoms with Gasteiger partial charge in [0.15, 0.2) is 0 Å². The summed E-state index contributed by atoms with van der Waals surface area (Å²) in [6.45, 7) is 6.26. The first-order valence-corrected chi connectivity index (χ1v) is 4.39. The highest BCUT2D eigenvalue weighted by Crippen LogP contribution is 2.04. The predicted molar refractivity (Wildman–Crippen MR) is 53.1 cm³/mol. The van der Waals surface area contributed by atoms with E-state index >= 15 is 0 Å². The van der Waals surface area contributed by atoms with Gasteiger partial charge in [-0.05, 0) is 33.6 Å². The van der Waals surface area contributed by atoms with E-state index in [-0.39, 0.29) is 0 Å². The van der Waals surface area contributed by atoms with E-state index in [4.69, 9.17) is 0 Å². The van der Waals surface area contributed by atoms with Crippen molar-refractivity contribution in [1.82, 2.24) is 0 Å². The van der Waals surface area contributed by atoms with Gasteiger partial charge in [0.25, 0.3) is 0 Å². The molecule has 0 heterocycles. The van der Waals surface area contributed by atoms with Crippen LogP contribution in [0.2, 0.25) is 0 Å². The lowest BCUT2D eigenvalue weighted by molar-refractivity contribution is -0.107. The minimum absolute atomic E-state index is 0.650. The van der Waals surface area contributed by atoms with Crippen LogP contribution in [0.5, 0.6) is 0 Å². The quantitative estimate of drug-likeness (QED) is 0.452. The van der Waals surface area contributed by atoms with Crippen LogP contribution < -0.4 is 0 Å². The maximum atomic E-state index is 10.1. The number of carbonyl (C=O) groups is 1. The van der Waals surface area contributed by atoms with Crippen LogP contribution in [0.25, 0.3) is 0 Å². The van der Waals surface area contributed by atoms with Crippen molar-refractivity contribution >= 4 is 6.29 Å². The fourth-order valence-electron chi connectivity index (χ4n) is 0.884. The van der Waals surface area contributed by atoms with Gasteiger partial charge in [0.2, 0.25) is 0 Å². The summed E-state index contributed by atoms with van der Waals surface area (Å²) in [5, 5.41) is 0. The Morgan fingerprint density at radius 3 is 2.33 bits per heavy atom. The Morgan fingerprint density at radius 2 is 1.83 bits per heavy atom. The van der Waals surface area contributed by atoms with E-state index in [1.165, 1.54) is 11.1 Å². The van der Waals surface area contributed by atoms with Gasteiger partial charge >= 0.3 is 0 Å². The second-order valence-corrected chi connectivity index (χ2v) is 3.27. The van der Waals surface area contributed by atoms with Crippen molar-refractivity contribution in [3.05, 3.63) is 23.3 Å². The highest BCUT2D eigenvalue weighted by Gasteiger charge is 1.87. The van der Waals surface area contributed by atoms with Gasteiger partial charge < -0.3 is 4.79 Å². The molecule has 0 spiro atoms. The van der Waals surface area contributed by atoms with E-state index in [1.807, 2.05) is 0 Å². The van der Waals surface area contributed by atoms with Crippen LogP contribution in [0, 0.1) is 0 Å². The maximum absolute atomic E-state index is 10.1. The molecule has 0 saturated carbocycles. The minimum Gasteiger partial charge on any atom is -0.303 e. The number of hydrogen-bond donors (Lipinski definition) is 0. The molecule has 0 radical (unpaired) electrons. The third kappa shape index (κ3) is 7.26. The van der Waals surface area contributed by atoms with Gasteiger partial charge in [-0.1, -0.05) is 23.3 Å². The monoisotopic (exact) mass is 166 g/mol. The lowest BCUT2D eigenvalue weighted by Gasteiger charge is -1.95. The number of rotatable bonds is 5. The molecule has 0 saturated heterocycles. The van der Waals surface area contributed by atoms with Crippen molar-refractivity contribution in [3.63, 3.8) is 0 Å². The van der Waals surface area contributed by atoms with Crippen LogP contribution in [0.4, 0.5) is 0 Å². The van der Waals surface area contributed by atoms with Gasteiger partial charge in [-0.25, -0.2) is 0 Å². The summed E-state index contributed by atoms with van der Waals surface area (Å²) in [5.74, 6) is 0. The average Bonchev–Trinajstić information content (AvgIpc) is 2.00. The second-order valence-electron chi connectivity index (χ2n) is 3.27. The van der Waals surface area contributed by atoms with Gasteiger partial charge in [-0.2, -0.15) is 0 Å². The zero-order valence-corrected chi connectivity index (χ0v) is 8.26. The molecule has 0 fully saturated rings. The molecule has 1 nitrogen and oxygen atoms in total. The average molecular weight is 166 g/mol. The molecule has 0 aromatic heterocycles. The van der Waals surface area contributed by atoms with E-state index in [2.05, 4.69) is 32.9 Å². The molecule has 0 aliphatic heterocycles. The predicted octanol–water partition coefficient (Wildman–Crippen LogP) is 3.27. The Kier molecular flexibility index (Phi) is 6.35. The standard InChI is InChI=1S/C11H18O/c1-10(2)6-4-7-11(3)8-5-9-12/h6-7,9H,4-5,8H2,1-3H3/b11-7+. The summed E-state index contributed by atoms with van der Waals surface area (Å²) in [7, 11) is 0. The Labute approximate surface area is 75.2 Å². The van der Waals surface area contributed by atoms with Crippen LogP contribution in [0.1, 0.15) is 40.0 Å². The van der Waals surface area contributed by atoms with Crippen molar-refractivity contribution in [2.24, 2.45) is 0 Å². The summed E-state index contributed by atoms with van der Waals surface area (Å²) in [6, 6.07) is 0. The summed E-state index contributed by atoms with van der Waals surface area (Å²) in [6.07, 6.45) is 7.88. The van der Waals surface area contributed by atoms with Crippen molar-refractivity contribution in [3.8, 4) is 0 Å². The molecule has 1 heteroatoms. The number of allylic oxidation sites excluding steroid dienone is 4. The largest absolute Gasteiger partial charge is 0.303 e. The summed E-state index contributed by atoms with van der Waals surface area (Å²) in [5.41, 5.74) is 2.65. The fraction of sp³-hybridized carbons (Fsp3) is 0.545. The highest BCUT2D eigenvalue weighted by atomic mass is 16.1. The third-order valence-electron chi connectivity index (χ3n) is 1.65. The first kappa shape index (κ1) is 11.2. The molecule has 0 unspecified atom stereocenters. The van der Waals surface area contributed by atoms with Crippen molar-refractivity contribution < 1.29 is 4.79 Å². The maximum Gasteiger partial charge on any atom is 0.120 e. The first-order chi connectivity index (χ1) is 5.66. The second kappa shape index (κ2) is 6.84. The van der Waals surface area contributed by atoms with Crippen molar-refractivity contribution in [2.75, 3.05) is 0 Å². The van der Waals surface area contributed by atoms with Gasteiger partial charge in [-0.3, -0.25) is 0 Å². The lowest BCUT2D eigenvalue weighted by Crippen LogP contribution is -1.79. The smallest absolute Gasteiger partial charge is 0.120 e. The van der Waals surface area contributed by atoms with Crippen LogP contribution >= 0.6 is 0 Å². The van der Waals surface area contributed by atoms with E-state index in [1.54, 1.807) is 0 Å². The Balaban J connectivity index is 3.68. The van der Waals surface area contributed by atoms with E-state index in [9.17, 15) is 4.79 Å².